The maximum absolute atomic E-state index is 5.76. The molecule has 0 fully saturated rings. The first kappa shape index (κ1) is 7.79. The fraction of sp³-hybridized carbons (Fsp3) is 0.111. The molecule has 2 aromatic rings. The van der Waals surface area contributed by atoms with Gasteiger partial charge in [0, 0.05) is 11.8 Å². The summed E-state index contributed by atoms with van der Waals surface area (Å²) in [6.07, 6.45) is 1.63. The van der Waals surface area contributed by atoms with Crippen molar-refractivity contribution in [2.24, 2.45) is 7.05 Å². The summed E-state index contributed by atoms with van der Waals surface area (Å²) in [4.78, 5) is 0. The van der Waals surface area contributed by atoms with Crippen LogP contribution in [0.15, 0.2) is 24.4 Å². The van der Waals surface area contributed by atoms with Gasteiger partial charge in [0.1, 0.15) is 6.20 Å². The summed E-state index contributed by atoms with van der Waals surface area (Å²) < 4.78 is 1.77. The van der Waals surface area contributed by atoms with Crippen LogP contribution in [0.2, 0.25) is 0 Å². The third-order valence-electron chi connectivity index (χ3n) is 2.05. The minimum atomic E-state index is 0.653. The lowest BCUT2D eigenvalue weighted by Crippen LogP contribution is -2.33. The molecule has 0 unspecified atom stereocenters. The molecule has 0 saturated carbocycles. The summed E-state index contributed by atoms with van der Waals surface area (Å²) >= 11 is 0. The lowest BCUT2D eigenvalue weighted by atomic mass is 10.2. The summed E-state index contributed by atoms with van der Waals surface area (Å²) in [5.74, 6) is 0. The first-order valence-electron chi connectivity index (χ1n) is 3.98. The van der Waals surface area contributed by atoms with Crippen LogP contribution in [0.1, 0.15) is 0 Å². The van der Waals surface area contributed by atoms with Crippen molar-refractivity contribution in [2.45, 2.75) is 0 Å². The van der Waals surface area contributed by atoms with Crippen LogP contribution in [0.4, 0.5) is 11.4 Å². The largest absolute Gasteiger partial charge is 0.399 e. The van der Waals surface area contributed by atoms with Gasteiger partial charge in [-0.2, -0.15) is 0 Å². The van der Waals surface area contributed by atoms with E-state index in [1.54, 1.807) is 10.9 Å². The predicted octanol–water partition coefficient (Wildman–Crippen LogP) is 0.224. The molecule has 66 valence electrons. The van der Waals surface area contributed by atoms with Gasteiger partial charge in [-0.25, -0.2) is 0 Å². The van der Waals surface area contributed by atoms with Crippen LogP contribution in [-0.2, 0) is 7.05 Å². The van der Waals surface area contributed by atoms with Gasteiger partial charge in [0.15, 0.2) is 7.05 Å². The Labute approximate surface area is 75.8 Å². The number of aryl methyl sites for hydroxylation is 1. The molecule has 0 aliphatic heterocycles. The molecule has 4 N–H and O–H groups in total. The van der Waals surface area contributed by atoms with Gasteiger partial charge in [0.25, 0.3) is 0 Å². The summed E-state index contributed by atoms with van der Waals surface area (Å²) in [6, 6.07) is 5.60. The van der Waals surface area contributed by atoms with Crippen LogP contribution in [0.3, 0.4) is 0 Å². The summed E-state index contributed by atoms with van der Waals surface area (Å²) in [6.45, 7) is 0. The molecule has 0 aliphatic rings. The smallest absolute Gasteiger partial charge is 0.241 e. The zero-order valence-corrected chi connectivity index (χ0v) is 7.36. The van der Waals surface area contributed by atoms with Gasteiger partial charge in [-0.15, -0.1) is 0 Å². The predicted molar refractivity (Wildman–Crippen MR) is 51.7 cm³/mol. The molecule has 2 rings (SSSR count). The zero-order valence-electron chi connectivity index (χ0n) is 7.36. The standard InChI is InChI=1S/C9H10N4/c1-13-9-3-2-6(10)4-7(9)8(11)5-12-13/h2-5,11H,10H2,1H3/p+1. The number of hydrogen-bond acceptors (Lipinski definition) is 3. The molecule has 4 heteroatoms. The zero-order chi connectivity index (χ0) is 9.42. The molecule has 0 amide bonds. The van der Waals surface area contributed by atoms with Crippen molar-refractivity contribution < 1.29 is 4.68 Å². The SMILES string of the molecule is C[n+]1ncc(N)c2cc(N)ccc21. The van der Waals surface area contributed by atoms with Crippen molar-refractivity contribution in [3.63, 3.8) is 0 Å². The van der Waals surface area contributed by atoms with Crippen LogP contribution >= 0.6 is 0 Å². The van der Waals surface area contributed by atoms with Crippen LogP contribution < -0.4 is 16.1 Å². The summed E-state index contributed by atoms with van der Waals surface area (Å²) in [7, 11) is 1.87. The van der Waals surface area contributed by atoms with Crippen LogP contribution in [0.25, 0.3) is 10.9 Å². The first-order valence-corrected chi connectivity index (χ1v) is 3.98. The number of hydrogen-bond donors (Lipinski definition) is 2. The van der Waals surface area contributed by atoms with E-state index in [0.717, 1.165) is 10.9 Å². The third kappa shape index (κ3) is 1.16. The van der Waals surface area contributed by atoms with Gasteiger partial charge in [0.05, 0.1) is 11.1 Å². The van der Waals surface area contributed by atoms with E-state index in [1.165, 1.54) is 0 Å². The second kappa shape index (κ2) is 2.58. The normalized spacial score (nSPS) is 10.5. The molecule has 1 aromatic carbocycles. The first-order chi connectivity index (χ1) is 6.18. The van der Waals surface area contributed by atoms with E-state index in [0.29, 0.717) is 11.4 Å². The van der Waals surface area contributed by atoms with Gasteiger partial charge in [0.2, 0.25) is 5.52 Å². The molecule has 0 atom stereocenters. The lowest BCUT2D eigenvalue weighted by molar-refractivity contribution is -0.705. The Morgan fingerprint density at radius 2 is 2.08 bits per heavy atom. The molecule has 1 aromatic heterocycles. The Hall–Kier alpha value is -1.84. The Morgan fingerprint density at radius 3 is 2.85 bits per heavy atom. The Kier molecular flexibility index (Phi) is 1.55. The minimum absolute atomic E-state index is 0.653. The lowest BCUT2D eigenvalue weighted by Gasteiger charge is -1.99. The van der Waals surface area contributed by atoms with E-state index >= 15 is 0 Å². The highest BCUT2D eigenvalue weighted by Gasteiger charge is 2.08. The van der Waals surface area contributed by atoms with Gasteiger partial charge in [-0.1, -0.05) is 4.68 Å². The number of rotatable bonds is 0. The van der Waals surface area contributed by atoms with Gasteiger partial charge in [-0.05, 0) is 17.2 Å². The van der Waals surface area contributed by atoms with Crippen LogP contribution in [0, 0.1) is 0 Å². The monoisotopic (exact) mass is 175 g/mol. The summed E-state index contributed by atoms with van der Waals surface area (Å²) in [5, 5.41) is 5.03. The number of fused-ring (bicyclic) bond motifs is 1. The maximum atomic E-state index is 5.76. The number of nitrogens with zero attached hydrogens (tertiary/aromatic N) is 2. The van der Waals surface area contributed by atoms with Crippen molar-refractivity contribution in [3.8, 4) is 0 Å². The van der Waals surface area contributed by atoms with Crippen molar-refractivity contribution in [1.29, 1.82) is 0 Å². The van der Waals surface area contributed by atoms with Gasteiger partial charge >= 0.3 is 0 Å². The van der Waals surface area contributed by atoms with E-state index in [4.69, 9.17) is 11.5 Å². The van der Waals surface area contributed by atoms with E-state index < -0.39 is 0 Å². The Bertz CT molecular complexity index is 464. The number of benzene rings is 1. The highest BCUT2D eigenvalue weighted by molar-refractivity contribution is 5.89. The average molecular weight is 175 g/mol. The molecule has 0 radical (unpaired) electrons. The molecule has 1 heterocycles. The number of nitrogen functional groups attached to an aromatic ring is 2. The van der Waals surface area contributed by atoms with E-state index in [2.05, 4.69) is 5.10 Å². The maximum Gasteiger partial charge on any atom is 0.241 e. The summed E-state index contributed by atoms with van der Waals surface area (Å²) in [5.41, 5.74) is 13.8. The topological polar surface area (TPSA) is 68.8 Å². The quantitative estimate of drug-likeness (QED) is 0.444. The third-order valence-corrected chi connectivity index (χ3v) is 2.05. The van der Waals surface area contributed by atoms with Crippen molar-refractivity contribution in [1.82, 2.24) is 5.10 Å². The molecule has 0 aliphatic carbocycles. The molecule has 0 spiro atoms. The van der Waals surface area contributed by atoms with Gasteiger partial charge < -0.3 is 11.5 Å². The average Bonchev–Trinajstić information content (AvgIpc) is 2.12. The van der Waals surface area contributed by atoms with Crippen molar-refractivity contribution in [2.75, 3.05) is 11.5 Å². The molecule has 0 saturated heterocycles. The number of aromatic nitrogens is 2. The van der Waals surface area contributed by atoms with Crippen LogP contribution in [0.5, 0.6) is 0 Å². The van der Waals surface area contributed by atoms with E-state index in [1.807, 2.05) is 25.2 Å². The van der Waals surface area contributed by atoms with Gasteiger partial charge in [-0.3, -0.25) is 0 Å². The second-order valence-electron chi connectivity index (χ2n) is 3.00. The molecule has 4 nitrogen and oxygen atoms in total. The Morgan fingerprint density at radius 1 is 1.31 bits per heavy atom. The van der Waals surface area contributed by atoms with Crippen molar-refractivity contribution in [3.05, 3.63) is 24.4 Å². The fourth-order valence-electron chi connectivity index (χ4n) is 1.35. The molecule has 0 bridgehead atoms. The number of nitrogens with two attached hydrogens (primary N) is 2. The number of anilines is 2. The Balaban J connectivity index is 2.92. The van der Waals surface area contributed by atoms with E-state index in [9.17, 15) is 0 Å². The van der Waals surface area contributed by atoms with Crippen LogP contribution in [-0.4, -0.2) is 5.10 Å². The minimum Gasteiger partial charge on any atom is -0.399 e. The highest BCUT2D eigenvalue weighted by Crippen LogP contribution is 2.18. The fourth-order valence-corrected chi connectivity index (χ4v) is 1.35. The molecule has 13 heavy (non-hydrogen) atoms. The molecular formula is C9H11N4+. The molecular weight excluding hydrogens is 164 g/mol. The van der Waals surface area contributed by atoms with Crippen molar-refractivity contribution >= 4 is 22.3 Å². The van der Waals surface area contributed by atoms with E-state index in [-0.39, 0.29) is 0 Å². The second-order valence-corrected chi connectivity index (χ2v) is 3.00. The highest BCUT2D eigenvalue weighted by atomic mass is 15.2.